The van der Waals surface area contributed by atoms with Gasteiger partial charge in [0.1, 0.15) is 11.9 Å². The van der Waals surface area contributed by atoms with Gasteiger partial charge in [0.25, 0.3) is 5.91 Å². The summed E-state index contributed by atoms with van der Waals surface area (Å²) in [7, 11) is -3.82. The number of nitrogens with one attached hydrogen (secondary N) is 1. The standard InChI is InChI=1S/C28H28ClF5N2O4S/c29-23-8-16(28(32,33)34)9-25(26(23)31)40-19-10-17-3-4-18(11-19)36(17)13-15-7-24(30)22(12-21(15)14-1-2-14)27(37)35-41(38,39)20-5-6-20/h7-9,12,14,17-20H,1-6,10-11,13H2,(H,35,37)/t17-,18+,19-. The minimum absolute atomic E-state index is 0.00939. The molecule has 0 radical (unpaired) electrons. The first kappa shape index (κ1) is 28.7. The lowest BCUT2D eigenvalue weighted by Crippen LogP contribution is -2.46. The number of carbonyl (C=O) groups excluding carboxylic acids is 1. The number of hydrogen-bond donors (Lipinski definition) is 1. The molecule has 0 unspecified atom stereocenters. The lowest BCUT2D eigenvalue weighted by atomic mass is 9.95. The van der Waals surface area contributed by atoms with E-state index in [2.05, 4.69) is 4.90 Å². The molecular weight excluding hydrogens is 591 g/mol. The topological polar surface area (TPSA) is 75.7 Å². The fourth-order valence-electron chi connectivity index (χ4n) is 6.13. The third-order valence-electron chi connectivity index (χ3n) is 8.50. The third kappa shape index (κ3) is 5.92. The fraction of sp³-hybridized carbons (Fsp3) is 0.536. The van der Waals surface area contributed by atoms with Crippen LogP contribution in [0.25, 0.3) is 0 Å². The SMILES string of the molecule is O=C(NS(=O)(=O)C1CC1)c1cc(C2CC2)c(CN2[C@@H]3CC[C@H]2C[C@H](Oc2cc(C(F)(F)F)cc(Cl)c2F)C3)cc1F. The lowest BCUT2D eigenvalue weighted by Gasteiger charge is -2.39. The van der Waals surface area contributed by atoms with Crippen molar-refractivity contribution in [3.05, 3.63) is 63.2 Å². The van der Waals surface area contributed by atoms with Crippen LogP contribution in [0.5, 0.6) is 5.75 Å². The Balaban J connectivity index is 1.18. The number of sulfonamides is 1. The van der Waals surface area contributed by atoms with Crippen LogP contribution in [-0.4, -0.2) is 42.7 Å². The smallest absolute Gasteiger partial charge is 0.416 e. The molecule has 1 N–H and O–H groups in total. The number of piperidine rings is 1. The maximum Gasteiger partial charge on any atom is 0.416 e. The van der Waals surface area contributed by atoms with Gasteiger partial charge in [-0.05, 0) is 92.7 Å². The van der Waals surface area contributed by atoms with E-state index in [1.165, 1.54) is 12.1 Å². The molecule has 2 bridgehead atoms. The van der Waals surface area contributed by atoms with Crippen LogP contribution in [0.15, 0.2) is 24.3 Å². The van der Waals surface area contributed by atoms with Crippen LogP contribution in [-0.2, 0) is 22.7 Å². The molecule has 6 rings (SSSR count). The van der Waals surface area contributed by atoms with Gasteiger partial charge in [-0.25, -0.2) is 21.9 Å². The van der Waals surface area contributed by atoms with Gasteiger partial charge in [0.15, 0.2) is 11.6 Å². The minimum atomic E-state index is -4.70. The summed E-state index contributed by atoms with van der Waals surface area (Å²) >= 11 is 5.71. The Morgan fingerprint density at radius 1 is 1.00 bits per heavy atom. The number of nitrogens with zero attached hydrogens (tertiary/aromatic N) is 1. The molecule has 2 saturated heterocycles. The van der Waals surface area contributed by atoms with Crippen LogP contribution in [0.3, 0.4) is 0 Å². The van der Waals surface area contributed by atoms with Crippen molar-refractivity contribution in [3.63, 3.8) is 0 Å². The predicted octanol–water partition coefficient (Wildman–Crippen LogP) is 6.31. The summed E-state index contributed by atoms with van der Waals surface area (Å²) in [5.41, 5.74) is 0.158. The number of rotatable bonds is 8. The molecule has 1 amide bonds. The molecule has 2 saturated carbocycles. The van der Waals surface area contributed by atoms with Crippen molar-refractivity contribution < 1.29 is 39.9 Å². The number of fused-ring (bicyclic) bond motifs is 2. The number of alkyl halides is 3. The Bertz CT molecular complexity index is 1480. The zero-order valence-corrected chi connectivity index (χ0v) is 23.4. The normalized spacial score (nSPS) is 24.9. The molecule has 2 aromatic rings. The summed E-state index contributed by atoms with van der Waals surface area (Å²) in [4.78, 5) is 14.9. The average molecular weight is 619 g/mol. The van der Waals surface area contributed by atoms with Crippen molar-refractivity contribution >= 4 is 27.5 Å². The van der Waals surface area contributed by atoms with Gasteiger partial charge in [-0.1, -0.05) is 11.6 Å². The van der Waals surface area contributed by atoms with E-state index in [-0.39, 0.29) is 23.6 Å². The van der Waals surface area contributed by atoms with Gasteiger partial charge in [0.05, 0.1) is 21.4 Å². The minimum Gasteiger partial charge on any atom is -0.487 e. The van der Waals surface area contributed by atoms with Gasteiger partial charge in [-0.3, -0.25) is 9.69 Å². The predicted molar refractivity (Wildman–Crippen MR) is 140 cm³/mol. The summed E-state index contributed by atoms with van der Waals surface area (Å²) in [5.74, 6) is -3.17. The first-order valence-corrected chi connectivity index (χ1v) is 15.6. The molecule has 0 aromatic heterocycles. The Kier molecular flexibility index (Phi) is 7.26. The second-order valence-corrected chi connectivity index (χ2v) is 13.9. The number of amides is 1. The van der Waals surface area contributed by atoms with E-state index in [4.69, 9.17) is 16.3 Å². The maximum atomic E-state index is 15.2. The summed E-state index contributed by atoms with van der Waals surface area (Å²) in [5, 5.41) is -1.27. The van der Waals surface area contributed by atoms with Gasteiger partial charge < -0.3 is 4.74 Å². The molecule has 2 aromatic carbocycles. The van der Waals surface area contributed by atoms with E-state index in [9.17, 15) is 30.8 Å². The Morgan fingerprint density at radius 3 is 2.24 bits per heavy atom. The number of benzene rings is 2. The second-order valence-electron chi connectivity index (χ2n) is 11.5. The van der Waals surface area contributed by atoms with Crippen LogP contribution in [0.4, 0.5) is 22.0 Å². The molecule has 13 heteroatoms. The zero-order chi connectivity index (χ0) is 29.3. The summed E-state index contributed by atoms with van der Waals surface area (Å²) in [6.07, 6.45) is 0.00454. The molecule has 41 heavy (non-hydrogen) atoms. The Hall–Kier alpha value is -2.44. The number of hydrogen-bond acceptors (Lipinski definition) is 5. The van der Waals surface area contributed by atoms with Crippen molar-refractivity contribution in [1.82, 2.24) is 9.62 Å². The molecule has 2 heterocycles. The van der Waals surface area contributed by atoms with Crippen LogP contribution < -0.4 is 9.46 Å². The van der Waals surface area contributed by atoms with Crippen LogP contribution in [0.2, 0.25) is 5.02 Å². The molecule has 4 aliphatic rings. The summed E-state index contributed by atoms with van der Waals surface area (Å²) in [6.45, 7) is 0.400. The lowest BCUT2D eigenvalue weighted by molar-refractivity contribution is -0.137. The highest BCUT2D eigenvalue weighted by molar-refractivity contribution is 7.91. The number of carbonyl (C=O) groups is 1. The van der Waals surface area contributed by atoms with Crippen molar-refractivity contribution in [1.29, 1.82) is 0 Å². The Labute approximate surface area is 239 Å². The van der Waals surface area contributed by atoms with Crippen LogP contribution in [0, 0.1) is 11.6 Å². The van der Waals surface area contributed by atoms with Crippen LogP contribution >= 0.6 is 11.6 Å². The van der Waals surface area contributed by atoms with E-state index in [1.807, 2.05) is 4.72 Å². The van der Waals surface area contributed by atoms with Crippen molar-refractivity contribution in [2.75, 3.05) is 0 Å². The number of halogens is 6. The molecule has 3 atom stereocenters. The van der Waals surface area contributed by atoms with E-state index in [1.54, 1.807) is 0 Å². The average Bonchev–Trinajstić information content (AvgIpc) is 3.79. The molecular formula is C28H28ClF5N2O4S. The summed E-state index contributed by atoms with van der Waals surface area (Å²) in [6, 6.07) is 3.93. The molecule has 0 spiro atoms. The van der Waals surface area contributed by atoms with E-state index < -0.39 is 61.4 Å². The molecule has 2 aliphatic heterocycles. The van der Waals surface area contributed by atoms with Crippen molar-refractivity contribution in [2.45, 2.75) is 93.4 Å². The molecule has 2 aliphatic carbocycles. The van der Waals surface area contributed by atoms with E-state index in [0.29, 0.717) is 44.4 Å². The maximum absolute atomic E-state index is 15.2. The van der Waals surface area contributed by atoms with Crippen LogP contribution in [0.1, 0.15) is 84.3 Å². The van der Waals surface area contributed by atoms with E-state index in [0.717, 1.165) is 36.8 Å². The van der Waals surface area contributed by atoms with Gasteiger partial charge in [-0.2, -0.15) is 13.2 Å². The quantitative estimate of drug-likeness (QED) is 0.351. The molecule has 6 nitrogen and oxygen atoms in total. The third-order valence-corrected chi connectivity index (χ3v) is 10.6. The number of ether oxygens (including phenoxy) is 1. The highest BCUT2D eigenvalue weighted by atomic mass is 35.5. The largest absolute Gasteiger partial charge is 0.487 e. The van der Waals surface area contributed by atoms with Gasteiger partial charge in [0, 0.05) is 18.6 Å². The van der Waals surface area contributed by atoms with Gasteiger partial charge in [0.2, 0.25) is 10.0 Å². The molecule has 4 fully saturated rings. The monoisotopic (exact) mass is 618 g/mol. The van der Waals surface area contributed by atoms with Crippen molar-refractivity contribution in [2.24, 2.45) is 0 Å². The second kappa shape index (κ2) is 10.4. The highest BCUT2D eigenvalue weighted by Gasteiger charge is 2.43. The van der Waals surface area contributed by atoms with Gasteiger partial charge >= 0.3 is 6.18 Å². The zero-order valence-electron chi connectivity index (χ0n) is 21.8. The highest BCUT2D eigenvalue weighted by Crippen LogP contribution is 2.45. The fourth-order valence-corrected chi connectivity index (χ4v) is 7.63. The van der Waals surface area contributed by atoms with Gasteiger partial charge in [-0.15, -0.1) is 0 Å². The molecule has 222 valence electrons. The van der Waals surface area contributed by atoms with Crippen molar-refractivity contribution in [3.8, 4) is 5.75 Å². The first-order valence-electron chi connectivity index (χ1n) is 13.7. The van der Waals surface area contributed by atoms with E-state index >= 15 is 4.39 Å². The summed E-state index contributed by atoms with van der Waals surface area (Å²) < 4.78 is 102. The first-order chi connectivity index (χ1) is 19.3. The Morgan fingerprint density at radius 2 is 1.66 bits per heavy atom.